The molecule has 1 aromatic carbocycles. The smallest absolute Gasteiger partial charge is 0.137 e. The van der Waals surface area contributed by atoms with E-state index in [4.69, 9.17) is 14.7 Å². The van der Waals surface area contributed by atoms with Crippen LogP contribution < -0.4 is 4.74 Å². The molecular formula is C13H15NO2. The number of rotatable bonds is 2. The van der Waals surface area contributed by atoms with E-state index in [9.17, 15) is 0 Å². The van der Waals surface area contributed by atoms with Crippen LogP contribution in [-0.4, -0.2) is 19.3 Å². The number of hydrogen-bond donors (Lipinski definition) is 0. The predicted octanol–water partition coefficient (Wildman–Crippen LogP) is 2.42. The first-order valence-corrected chi connectivity index (χ1v) is 5.55. The molecule has 0 aromatic heterocycles. The Morgan fingerprint density at radius 3 is 2.81 bits per heavy atom. The van der Waals surface area contributed by atoms with Gasteiger partial charge in [0, 0.05) is 12.8 Å². The van der Waals surface area contributed by atoms with E-state index in [1.165, 1.54) is 0 Å². The number of benzene rings is 1. The summed E-state index contributed by atoms with van der Waals surface area (Å²) in [5.41, 5.74) is 1.72. The van der Waals surface area contributed by atoms with Crippen LogP contribution in [0.25, 0.3) is 0 Å². The van der Waals surface area contributed by atoms with E-state index in [0.717, 1.165) is 31.6 Å². The monoisotopic (exact) mass is 217 g/mol. The lowest BCUT2D eigenvalue weighted by Crippen LogP contribution is -2.26. The van der Waals surface area contributed by atoms with Gasteiger partial charge in [0.1, 0.15) is 17.9 Å². The van der Waals surface area contributed by atoms with E-state index in [2.05, 4.69) is 6.07 Å². The van der Waals surface area contributed by atoms with Crippen LogP contribution in [0.4, 0.5) is 0 Å². The van der Waals surface area contributed by atoms with Crippen molar-refractivity contribution in [1.29, 1.82) is 5.26 Å². The lowest BCUT2D eigenvalue weighted by molar-refractivity contribution is 0.0254. The molecule has 1 fully saturated rings. The van der Waals surface area contributed by atoms with E-state index in [1.54, 1.807) is 0 Å². The van der Waals surface area contributed by atoms with Crippen LogP contribution in [0.5, 0.6) is 5.75 Å². The summed E-state index contributed by atoms with van der Waals surface area (Å²) in [7, 11) is 0. The van der Waals surface area contributed by atoms with Gasteiger partial charge in [0.15, 0.2) is 0 Å². The fraction of sp³-hybridized carbons (Fsp3) is 0.462. The number of nitrogens with zero attached hydrogens (tertiary/aromatic N) is 1. The molecule has 0 saturated carbocycles. The molecule has 1 aromatic rings. The van der Waals surface area contributed by atoms with Crippen molar-refractivity contribution in [2.75, 3.05) is 13.2 Å². The fourth-order valence-corrected chi connectivity index (χ4v) is 1.79. The third-order valence-electron chi connectivity index (χ3n) is 2.72. The standard InChI is InChI=1S/C13H15NO2/c1-10-2-3-11(9-14)13(8-10)16-12-4-6-15-7-5-12/h2-3,8,12H,4-7H2,1H3. The first-order chi connectivity index (χ1) is 7.79. The quantitative estimate of drug-likeness (QED) is 0.764. The molecule has 0 bridgehead atoms. The molecule has 0 radical (unpaired) electrons. The van der Waals surface area contributed by atoms with Crippen molar-refractivity contribution in [3.05, 3.63) is 29.3 Å². The van der Waals surface area contributed by atoms with Gasteiger partial charge in [-0.25, -0.2) is 0 Å². The number of hydrogen-bond acceptors (Lipinski definition) is 3. The molecule has 0 unspecified atom stereocenters. The minimum Gasteiger partial charge on any atom is -0.489 e. The van der Waals surface area contributed by atoms with E-state index in [0.29, 0.717) is 11.3 Å². The summed E-state index contributed by atoms with van der Waals surface area (Å²) in [5.74, 6) is 0.703. The molecule has 1 saturated heterocycles. The van der Waals surface area contributed by atoms with E-state index >= 15 is 0 Å². The highest BCUT2D eigenvalue weighted by atomic mass is 16.5. The zero-order valence-corrected chi connectivity index (χ0v) is 9.40. The Kier molecular flexibility index (Phi) is 3.43. The lowest BCUT2D eigenvalue weighted by Gasteiger charge is -2.23. The maximum Gasteiger partial charge on any atom is 0.137 e. The number of aryl methyl sites for hydroxylation is 1. The van der Waals surface area contributed by atoms with Crippen LogP contribution in [0.3, 0.4) is 0 Å². The van der Waals surface area contributed by atoms with Gasteiger partial charge in [0.2, 0.25) is 0 Å². The van der Waals surface area contributed by atoms with Crippen molar-refractivity contribution in [3.63, 3.8) is 0 Å². The largest absolute Gasteiger partial charge is 0.489 e. The molecule has 0 spiro atoms. The SMILES string of the molecule is Cc1ccc(C#N)c(OC2CCOCC2)c1. The normalized spacial score (nSPS) is 16.8. The van der Waals surface area contributed by atoms with E-state index in [1.807, 2.05) is 25.1 Å². The van der Waals surface area contributed by atoms with Gasteiger partial charge in [-0.3, -0.25) is 0 Å². The second-order valence-electron chi connectivity index (χ2n) is 4.04. The van der Waals surface area contributed by atoms with Crippen LogP contribution >= 0.6 is 0 Å². The van der Waals surface area contributed by atoms with Crippen LogP contribution in [0.1, 0.15) is 24.0 Å². The van der Waals surface area contributed by atoms with Gasteiger partial charge in [-0.05, 0) is 24.6 Å². The van der Waals surface area contributed by atoms with Crippen molar-refractivity contribution in [2.45, 2.75) is 25.9 Å². The summed E-state index contributed by atoms with van der Waals surface area (Å²) in [6.45, 7) is 3.49. The van der Waals surface area contributed by atoms with Crippen molar-refractivity contribution in [3.8, 4) is 11.8 Å². The van der Waals surface area contributed by atoms with Crippen molar-refractivity contribution < 1.29 is 9.47 Å². The first-order valence-electron chi connectivity index (χ1n) is 5.55. The molecule has 1 aliphatic rings. The van der Waals surface area contributed by atoms with E-state index < -0.39 is 0 Å². The van der Waals surface area contributed by atoms with Crippen LogP contribution in [0.2, 0.25) is 0 Å². The summed E-state index contributed by atoms with van der Waals surface area (Å²) in [6, 6.07) is 7.82. The third kappa shape index (κ3) is 2.53. The third-order valence-corrected chi connectivity index (χ3v) is 2.72. The molecule has 16 heavy (non-hydrogen) atoms. The Morgan fingerprint density at radius 2 is 2.12 bits per heavy atom. The first kappa shape index (κ1) is 11.0. The zero-order valence-electron chi connectivity index (χ0n) is 9.40. The summed E-state index contributed by atoms with van der Waals surface area (Å²) in [4.78, 5) is 0. The Morgan fingerprint density at radius 1 is 1.38 bits per heavy atom. The number of nitriles is 1. The molecule has 0 amide bonds. The van der Waals surface area contributed by atoms with Gasteiger partial charge >= 0.3 is 0 Å². The van der Waals surface area contributed by atoms with Crippen molar-refractivity contribution >= 4 is 0 Å². The highest BCUT2D eigenvalue weighted by Crippen LogP contribution is 2.23. The molecule has 0 aliphatic carbocycles. The van der Waals surface area contributed by atoms with Gasteiger partial charge in [-0.2, -0.15) is 5.26 Å². The topological polar surface area (TPSA) is 42.2 Å². The van der Waals surface area contributed by atoms with Gasteiger partial charge in [0.05, 0.1) is 18.8 Å². The summed E-state index contributed by atoms with van der Waals surface area (Å²) < 4.78 is 11.1. The minimum absolute atomic E-state index is 0.183. The highest BCUT2D eigenvalue weighted by Gasteiger charge is 2.16. The molecule has 1 heterocycles. The molecule has 2 rings (SSSR count). The molecule has 3 nitrogen and oxygen atoms in total. The van der Waals surface area contributed by atoms with E-state index in [-0.39, 0.29) is 6.10 Å². The van der Waals surface area contributed by atoms with Crippen molar-refractivity contribution in [2.24, 2.45) is 0 Å². The van der Waals surface area contributed by atoms with Crippen molar-refractivity contribution in [1.82, 2.24) is 0 Å². The van der Waals surface area contributed by atoms with Gasteiger partial charge in [-0.1, -0.05) is 6.07 Å². The second-order valence-corrected chi connectivity index (χ2v) is 4.04. The molecule has 1 aliphatic heterocycles. The number of ether oxygens (including phenoxy) is 2. The zero-order chi connectivity index (χ0) is 11.4. The average Bonchev–Trinajstić information content (AvgIpc) is 2.31. The maximum absolute atomic E-state index is 8.98. The summed E-state index contributed by atoms with van der Waals surface area (Å²) in [6.07, 6.45) is 1.99. The Bertz CT molecular complexity index is 403. The predicted molar refractivity (Wildman–Crippen MR) is 60.4 cm³/mol. The Hall–Kier alpha value is -1.53. The average molecular weight is 217 g/mol. The van der Waals surface area contributed by atoms with Crippen LogP contribution in [0, 0.1) is 18.3 Å². The molecule has 0 atom stereocenters. The highest BCUT2D eigenvalue weighted by molar-refractivity contribution is 5.45. The van der Waals surface area contributed by atoms with Gasteiger partial charge in [0.25, 0.3) is 0 Å². The minimum atomic E-state index is 0.183. The Balaban J connectivity index is 2.13. The molecular weight excluding hydrogens is 202 g/mol. The van der Waals surface area contributed by atoms with Gasteiger partial charge < -0.3 is 9.47 Å². The second kappa shape index (κ2) is 5.00. The van der Waals surface area contributed by atoms with Crippen LogP contribution in [-0.2, 0) is 4.74 Å². The maximum atomic E-state index is 8.98. The lowest BCUT2D eigenvalue weighted by atomic mass is 10.1. The summed E-state index contributed by atoms with van der Waals surface area (Å²) >= 11 is 0. The molecule has 84 valence electrons. The summed E-state index contributed by atoms with van der Waals surface area (Å²) in [5, 5.41) is 8.98. The Labute approximate surface area is 95.6 Å². The fourth-order valence-electron chi connectivity index (χ4n) is 1.79. The molecule has 0 N–H and O–H groups in total. The van der Waals surface area contributed by atoms with Gasteiger partial charge in [-0.15, -0.1) is 0 Å². The molecule has 3 heteroatoms. The van der Waals surface area contributed by atoms with Crippen LogP contribution in [0.15, 0.2) is 18.2 Å².